The van der Waals surface area contributed by atoms with E-state index < -0.39 is 0 Å². The molecule has 0 aliphatic carbocycles. The van der Waals surface area contributed by atoms with Gasteiger partial charge in [-0.05, 0) is 43.0 Å². The van der Waals surface area contributed by atoms with E-state index >= 15 is 0 Å². The number of ether oxygens (including phenoxy) is 1. The van der Waals surface area contributed by atoms with Crippen LogP contribution in [-0.2, 0) is 6.42 Å². The first-order valence-electron chi connectivity index (χ1n) is 4.19. The van der Waals surface area contributed by atoms with Gasteiger partial charge in [-0.15, -0.1) is 0 Å². The van der Waals surface area contributed by atoms with E-state index in [0.717, 1.165) is 25.2 Å². The van der Waals surface area contributed by atoms with Crippen LogP contribution in [-0.4, -0.2) is 6.61 Å². The van der Waals surface area contributed by atoms with E-state index in [-0.39, 0.29) is 0 Å². The lowest BCUT2D eigenvalue weighted by atomic mass is 10.0. The molecule has 0 saturated heterocycles. The summed E-state index contributed by atoms with van der Waals surface area (Å²) >= 11 is 3.52. The van der Waals surface area contributed by atoms with Crippen LogP contribution in [0.5, 0.6) is 5.75 Å². The summed E-state index contributed by atoms with van der Waals surface area (Å²) in [7, 11) is 0. The Balaban J connectivity index is 2.49. The van der Waals surface area contributed by atoms with Gasteiger partial charge in [0.05, 0.1) is 6.61 Å². The summed E-state index contributed by atoms with van der Waals surface area (Å²) in [5, 5.41) is 0. The van der Waals surface area contributed by atoms with Crippen molar-refractivity contribution in [3.8, 4) is 5.75 Å². The molecule has 1 heterocycles. The molecule has 0 saturated carbocycles. The first-order valence-corrected chi connectivity index (χ1v) is 4.98. The molecule has 1 aliphatic rings. The number of halogens is 1. The monoisotopic (exact) mass is 226 g/mol. The van der Waals surface area contributed by atoms with E-state index in [9.17, 15) is 0 Å². The topological polar surface area (TPSA) is 9.23 Å². The first-order chi connectivity index (χ1) is 5.77. The SMILES string of the molecule is Cc1cc2c(cc1Br)CCCO2. The van der Waals surface area contributed by atoms with Crippen molar-refractivity contribution < 1.29 is 4.74 Å². The van der Waals surface area contributed by atoms with Crippen molar-refractivity contribution in [2.24, 2.45) is 0 Å². The quantitative estimate of drug-likeness (QED) is 0.661. The van der Waals surface area contributed by atoms with E-state index in [1.807, 2.05) is 0 Å². The lowest BCUT2D eigenvalue weighted by molar-refractivity contribution is 0.288. The highest BCUT2D eigenvalue weighted by Crippen LogP contribution is 2.30. The number of fused-ring (bicyclic) bond motifs is 1. The fraction of sp³-hybridized carbons (Fsp3) is 0.400. The molecule has 0 atom stereocenters. The van der Waals surface area contributed by atoms with Crippen molar-refractivity contribution in [1.29, 1.82) is 0 Å². The summed E-state index contributed by atoms with van der Waals surface area (Å²) in [6.45, 7) is 2.95. The second-order valence-electron chi connectivity index (χ2n) is 3.16. The average Bonchev–Trinajstić information content (AvgIpc) is 2.07. The maximum absolute atomic E-state index is 5.54. The van der Waals surface area contributed by atoms with Crippen LogP contribution in [0.2, 0.25) is 0 Å². The fourth-order valence-electron chi connectivity index (χ4n) is 1.47. The molecule has 0 N–H and O–H groups in total. The minimum atomic E-state index is 0.869. The smallest absolute Gasteiger partial charge is 0.122 e. The van der Waals surface area contributed by atoms with Crippen LogP contribution < -0.4 is 4.74 Å². The molecule has 0 bridgehead atoms. The minimum absolute atomic E-state index is 0.869. The van der Waals surface area contributed by atoms with Crippen LogP contribution in [0.4, 0.5) is 0 Å². The van der Waals surface area contributed by atoms with Gasteiger partial charge < -0.3 is 4.74 Å². The molecule has 0 unspecified atom stereocenters. The molecule has 2 rings (SSSR count). The zero-order chi connectivity index (χ0) is 8.55. The van der Waals surface area contributed by atoms with E-state index in [1.54, 1.807) is 0 Å². The van der Waals surface area contributed by atoms with Gasteiger partial charge in [-0.1, -0.05) is 15.9 Å². The highest BCUT2D eigenvalue weighted by Gasteiger charge is 2.11. The second-order valence-corrected chi connectivity index (χ2v) is 4.02. The molecule has 1 aromatic rings. The first kappa shape index (κ1) is 8.11. The Morgan fingerprint density at radius 3 is 3.08 bits per heavy atom. The standard InChI is InChI=1S/C10H11BrO/c1-7-5-10-8(6-9(7)11)3-2-4-12-10/h5-6H,2-4H2,1H3. The minimum Gasteiger partial charge on any atom is -0.493 e. The largest absolute Gasteiger partial charge is 0.493 e. The summed E-state index contributed by atoms with van der Waals surface area (Å²) in [6.07, 6.45) is 2.29. The predicted octanol–water partition coefficient (Wildman–Crippen LogP) is 3.08. The van der Waals surface area contributed by atoms with Gasteiger partial charge in [0.1, 0.15) is 5.75 Å². The van der Waals surface area contributed by atoms with E-state index in [4.69, 9.17) is 4.74 Å². The molecule has 0 amide bonds. The Kier molecular flexibility index (Phi) is 2.09. The van der Waals surface area contributed by atoms with Crippen molar-refractivity contribution in [1.82, 2.24) is 0 Å². The summed E-state index contributed by atoms with van der Waals surface area (Å²) in [4.78, 5) is 0. The highest BCUT2D eigenvalue weighted by atomic mass is 79.9. The molecule has 64 valence electrons. The van der Waals surface area contributed by atoms with Gasteiger partial charge in [0.2, 0.25) is 0 Å². The normalized spacial score (nSPS) is 15.2. The van der Waals surface area contributed by atoms with E-state index in [1.165, 1.54) is 15.6 Å². The van der Waals surface area contributed by atoms with Crippen LogP contribution in [0.15, 0.2) is 16.6 Å². The van der Waals surface area contributed by atoms with Crippen LogP contribution in [0.3, 0.4) is 0 Å². The molecular formula is C10H11BrO. The number of rotatable bonds is 0. The van der Waals surface area contributed by atoms with Gasteiger partial charge in [0.25, 0.3) is 0 Å². The van der Waals surface area contributed by atoms with Crippen molar-refractivity contribution in [3.05, 3.63) is 27.7 Å². The molecule has 1 nitrogen and oxygen atoms in total. The maximum Gasteiger partial charge on any atom is 0.122 e. The Bertz CT molecular complexity index is 276. The Morgan fingerprint density at radius 1 is 1.42 bits per heavy atom. The molecular weight excluding hydrogens is 216 g/mol. The average molecular weight is 227 g/mol. The van der Waals surface area contributed by atoms with Crippen LogP contribution >= 0.6 is 15.9 Å². The molecule has 0 radical (unpaired) electrons. The molecule has 1 aromatic carbocycles. The van der Waals surface area contributed by atoms with E-state index in [0.29, 0.717) is 0 Å². The molecule has 0 aromatic heterocycles. The zero-order valence-electron chi connectivity index (χ0n) is 7.06. The fourth-order valence-corrected chi connectivity index (χ4v) is 1.86. The Labute approximate surface area is 80.9 Å². The van der Waals surface area contributed by atoms with Gasteiger partial charge >= 0.3 is 0 Å². The van der Waals surface area contributed by atoms with Gasteiger partial charge in [-0.3, -0.25) is 0 Å². The molecule has 2 heteroatoms. The lowest BCUT2D eigenvalue weighted by Crippen LogP contribution is -2.08. The number of benzene rings is 1. The van der Waals surface area contributed by atoms with Gasteiger partial charge in [-0.2, -0.15) is 0 Å². The van der Waals surface area contributed by atoms with Crippen molar-refractivity contribution in [2.75, 3.05) is 6.61 Å². The molecule has 0 spiro atoms. The van der Waals surface area contributed by atoms with Gasteiger partial charge in [0, 0.05) is 4.47 Å². The summed E-state index contributed by atoms with van der Waals surface area (Å²) in [6, 6.07) is 4.28. The summed E-state index contributed by atoms with van der Waals surface area (Å²) in [5.41, 5.74) is 2.58. The highest BCUT2D eigenvalue weighted by molar-refractivity contribution is 9.10. The van der Waals surface area contributed by atoms with Gasteiger partial charge in [-0.25, -0.2) is 0 Å². The lowest BCUT2D eigenvalue weighted by Gasteiger charge is -2.18. The second kappa shape index (κ2) is 3.09. The van der Waals surface area contributed by atoms with Crippen LogP contribution in [0, 0.1) is 6.92 Å². The molecule has 1 aliphatic heterocycles. The van der Waals surface area contributed by atoms with Crippen molar-refractivity contribution in [2.45, 2.75) is 19.8 Å². The van der Waals surface area contributed by atoms with Crippen LogP contribution in [0.1, 0.15) is 17.5 Å². The Hall–Kier alpha value is -0.500. The summed E-state index contributed by atoms with van der Waals surface area (Å²) in [5.74, 6) is 1.07. The molecule has 0 fully saturated rings. The third-order valence-electron chi connectivity index (χ3n) is 2.19. The van der Waals surface area contributed by atoms with Gasteiger partial charge in [0.15, 0.2) is 0 Å². The Morgan fingerprint density at radius 2 is 2.25 bits per heavy atom. The van der Waals surface area contributed by atoms with Crippen LogP contribution in [0.25, 0.3) is 0 Å². The third-order valence-corrected chi connectivity index (χ3v) is 3.04. The number of hydrogen-bond acceptors (Lipinski definition) is 1. The summed E-state index contributed by atoms with van der Waals surface area (Å²) < 4.78 is 6.73. The predicted molar refractivity (Wildman–Crippen MR) is 52.7 cm³/mol. The van der Waals surface area contributed by atoms with Crippen molar-refractivity contribution in [3.63, 3.8) is 0 Å². The number of hydrogen-bond donors (Lipinski definition) is 0. The maximum atomic E-state index is 5.54. The number of aryl methyl sites for hydroxylation is 2. The van der Waals surface area contributed by atoms with E-state index in [2.05, 4.69) is 35.0 Å². The third kappa shape index (κ3) is 1.36. The zero-order valence-corrected chi connectivity index (χ0v) is 8.65. The molecule has 12 heavy (non-hydrogen) atoms. The van der Waals surface area contributed by atoms with Crippen molar-refractivity contribution >= 4 is 15.9 Å².